The van der Waals surface area contributed by atoms with Crippen molar-refractivity contribution in [1.82, 2.24) is 0 Å². The topological polar surface area (TPSA) is 87.6 Å². The number of carbonyl (C=O) groups excluding carboxylic acids is 1. The van der Waals surface area contributed by atoms with Gasteiger partial charge in [0, 0.05) is 18.9 Å². The van der Waals surface area contributed by atoms with E-state index in [1.807, 2.05) is 0 Å². The van der Waals surface area contributed by atoms with Crippen LogP contribution in [0.1, 0.15) is 23.2 Å². The number of amides is 1. The molecule has 1 saturated heterocycles. The molecular formula is C13H17BrN2O3. The van der Waals surface area contributed by atoms with Crippen molar-refractivity contribution in [3.8, 4) is 5.75 Å². The summed E-state index contributed by atoms with van der Waals surface area (Å²) in [7, 11) is 0. The molecule has 4 N–H and O–H groups in total. The Morgan fingerprint density at radius 3 is 2.74 bits per heavy atom. The van der Waals surface area contributed by atoms with Gasteiger partial charge in [0.2, 0.25) is 0 Å². The molecular weight excluding hydrogens is 312 g/mol. The molecule has 0 atom stereocenters. The van der Waals surface area contributed by atoms with E-state index in [0.717, 1.165) is 30.5 Å². The number of primary amides is 1. The van der Waals surface area contributed by atoms with Crippen LogP contribution in [-0.2, 0) is 4.74 Å². The first-order valence-electron chi connectivity index (χ1n) is 6.17. The fourth-order valence-corrected chi connectivity index (χ4v) is 2.49. The van der Waals surface area contributed by atoms with Crippen LogP contribution in [0, 0.1) is 5.92 Å². The van der Waals surface area contributed by atoms with E-state index in [0.29, 0.717) is 24.0 Å². The molecule has 0 aromatic heterocycles. The van der Waals surface area contributed by atoms with E-state index in [1.165, 1.54) is 0 Å². The number of hydrogen-bond acceptors (Lipinski definition) is 4. The van der Waals surface area contributed by atoms with E-state index in [4.69, 9.17) is 20.9 Å². The van der Waals surface area contributed by atoms with E-state index in [-0.39, 0.29) is 5.56 Å². The highest BCUT2D eigenvalue weighted by Crippen LogP contribution is 2.31. The largest absolute Gasteiger partial charge is 0.492 e. The van der Waals surface area contributed by atoms with Gasteiger partial charge in [-0.2, -0.15) is 0 Å². The standard InChI is InChI=1S/C13H17BrN2O3/c14-10-6-11(15)9(13(16)17)5-12(10)19-7-8-1-3-18-4-2-8/h5-6,8H,1-4,7,15H2,(H2,16,17). The van der Waals surface area contributed by atoms with Gasteiger partial charge in [0.15, 0.2) is 0 Å². The van der Waals surface area contributed by atoms with Gasteiger partial charge in [-0.25, -0.2) is 0 Å². The Bertz CT molecular complexity index is 473. The highest BCUT2D eigenvalue weighted by atomic mass is 79.9. The fourth-order valence-electron chi connectivity index (χ4n) is 2.01. The first kappa shape index (κ1) is 14.1. The molecule has 6 heteroatoms. The summed E-state index contributed by atoms with van der Waals surface area (Å²) in [5, 5.41) is 0. The number of rotatable bonds is 4. The molecule has 0 aliphatic carbocycles. The van der Waals surface area contributed by atoms with Crippen LogP contribution >= 0.6 is 15.9 Å². The van der Waals surface area contributed by atoms with Crippen molar-refractivity contribution in [3.63, 3.8) is 0 Å². The van der Waals surface area contributed by atoms with Crippen LogP contribution in [0.15, 0.2) is 16.6 Å². The minimum atomic E-state index is -0.555. The lowest BCUT2D eigenvalue weighted by Crippen LogP contribution is -2.21. The molecule has 2 rings (SSSR count). The van der Waals surface area contributed by atoms with Crippen LogP contribution in [0.5, 0.6) is 5.75 Å². The van der Waals surface area contributed by atoms with Crippen LogP contribution in [0.2, 0.25) is 0 Å². The highest BCUT2D eigenvalue weighted by Gasteiger charge is 2.16. The summed E-state index contributed by atoms with van der Waals surface area (Å²) in [4.78, 5) is 11.2. The van der Waals surface area contributed by atoms with E-state index in [2.05, 4.69) is 15.9 Å². The summed E-state index contributed by atoms with van der Waals surface area (Å²) in [6.07, 6.45) is 1.99. The second kappa shape index (κ2) is 6.25. The zero-order chi connectivity index (χ0) is 13.8. The predicted molar refractivity (Wildman–Crippen MR) is 76.1 cm³/mol. The highest BCUT2D eigenvalue weighted by molar-refractivity contribution is 9.10. The zero-order valence-electron chi connectivity index (χ0n) is 10.5. The molecule has 0 spiro atoms. The molecule has 0 radical (unpaired) electrons. The van der Waals surface area contributed by atoms with Crippen molar-refractivity contribution in [2.45, 2.75) is 12.8 Å². The molecule has 5 nitrogen and oxygen atoms in total. The van der Waals surface area contributed by atoms with Gasteiger partial charge in [-0.05, 0) is 46.8 Å². The van der Waals surface area contributed by atoms with Gasteiger partial charge < -0.3 is 20.9 Å². The lowest BCUT2D eigenvalue weighted by Gasteiger charge is -2.22. The van der Waals surface area contributed by atoms with Gasteiger partial charge in [-0.15, -0.1) is 0 Å². The number of nitrogen functional groups attached to an aromatic ring is 1. The average molecular weight is 329 g/mol. The molecule has 19 heavy (non-hydrogen) atoms. The van der Waals surface area contributed by atoms with Crippen LogP contribution in [0.3, 0.4) is 0 Å². The molecule has 0 saturated carbocycles. The Morgan fingerprint density at radius 1 is 1.42 bits per heavy atom. The molecule has 0 bridgehead atoms. The van der Waals surface area contributed by atoms with E-state index < -0.39 is 5.91 Å². The first-order valence-corrected chi connectivity index (χ1v) is 6.96. The van der Waals surface area contributed by atoms with Crippen LogP contribution in [0.4, 0.5) is 5.69 Å². The molecule has 1 heterocycles. The third-order valence-electron chi connectivity index (χ3n) is 3.18. The Kier molecular flexibility index (Phi) is 4.66. The van der Waals surface area contributed by atoms with Crippen molar-refractivity contribution in [2.75, 3.05) is 25.6 Å². The lowest BCUT2D eigenvalue weighted by atomic mass is 10.0. The zero-order valence-corrected chi connectivity index (χ0v) is 12.1. The molecule has 1 amide bonds. The summed E-state index contributed by atoms with van der Waals surface area (Å²) in [6.45, 7) is 2.16. The molecule has 1 aliphatic heterocycles. The number of halogens is 1. The van der Waals surface area contributed by atoms with Crippen LogP contribution in [-0.4, -0.2) is 25.7 Å². The summed E-state index contributed by atoms with van der Waals surface area (Å²) < 4.78 is 11.8. The normalized spacial score (nSPS) is 16.3. The summed E-state index contributed by atoms with van der Waals surface area (Å²) >= 11 is 3.37. The summed E-state index contributed by atoms with van der Waals surface area (Å²) in [5.74, 6) is 0.519. The fraction of sp³-hybridized carbons (Fsp3) is 0.462. The van der Waals surface area contributed by atoms with E-state index in [9.17, 15) is 4.79 Å². The van der Waals surface area contributed by atoms with Crippen LogP contribution < -0.4 is 16.2 Å². The number of ether oxygens (including phenoxy) is 2. The SMILES string of the molecule is NC(=O)c1cc(OCC2CCOCC2)c(Br)cc1N. The maximum Gasteiger partial charge on any atom is 0.250 e. The van der Waals surface area contributed by atoms with Crippen molar-refractivity contribution in [1.29, 1.82) is 0 Å². The number of hydrogen-bond donors (Lipinski definition) is 2. The van der Waals surface area contributed by atoms with E-state index >= 15 is 0 Å². The number of benzene rings is 1. The van der Waals surface area contributed by atoms with Crippen LogP contribution in [0.25, 0.3) is 0 Å². The quantitative estimate of drug-likeness (QED) is 0.827. The second-order valence-electron chi connectivity index (χ2n) is 4.60. The predicted octanol–water partition coefficient (Wildman–Crippen LogP) is 1.94. The number of carbonyl (C=O) groups is 1. The molecule has 1 fully saturated rings. The van der Waals surface area contributed by atoms with Crippen molar-refractivity contribution >= 4 is 27.5 Å². The van der Waals surface area contributed by atoms with Crippen molar-refractivity contribution in [2.24, 2.45) is 11.7 Å². The van der Waals surface area contributed by atoms with Gasteiger partial charge in [-0.3, -0.25) is 4.79 Å². The third-order valence-corrected chi connectivity index (χ3v) is 3.80. The maximum atomic E-state index is 11.2. The van der Waals surface area contributed by atoms with Gasteiger partial charge in [0.25, 0.3) is 5.91 Å². The molecule has 0 unspecified atom stereocenters. The maximum absolute atomic E-state index is 11.2. The average Bonchev–Trinajstić information content (AvgIpc) is 2.38. The Balaban J connectivity index is 2.06. The van der Waals surface area contributed by atoms with Crippen molar-refractivity contribution in [3.05, 3.63) is 22.2 Å². The smallest absolute Gasteiger partial charge is 0.250 e. The molecule has 1 aromatic carbocycles. The van der Waals surface area contributed by atoms with Gasteiger partial charge in [0.1, 0.15) is 5.75 Å². The molecule has 1 aliphatic rings. The summed E-state index contributed by atoms with van der Waals surface area (Å²) in [6, 6.07) is 3.22. The van der Waals surface area contributed by atoms with Gasteiger partial charge in [-0.1, -0.05) is 0 Å². The van der Waals surface area contributed by atoms with E-state index in [1.54, 1.807) is 12.1 Å². The molecule has 104 valence electrons. The number of nitrogens with two attached hydrogens (primary N) is 2. The molecule has 1 aromatic rings. The minimum absolute atomic E-state index is 0.283. The minimum Gasteiger partial charge on any atom is -0.492 e. The van der Waals surface area contributed by atoms with Gasteiger partial charge in [0.05, 0.1) is 16.6 Å². The first-order chi connectivity index (χ1) is 9.08. The Labute approximate surface area is 120 Å². The Morgan fingerprint density at radius 2 is 2.11 bits per heavy atom. The second-order valence-corrected chi connectivity index (χ2v) is 5.46. The number of anilines is 1. The lowest BCUT2D eigenvalue weighted by molar-refractivity contribution is 0.0496. The third kappa shape index (κ3) is 3.61. The van der Waals surface area contributed by atoms with Gasteiger partial charge >= 0.3 is 0 Å². The monoisotopic (exact) mass is 328 g/mol. The summed E-state index contributed by atoms with van der Waals surface area (Å²) in [5.41, 5.74) is 11.6. The Hall–Kier alpha value is -1.27. The van der Waals surface area contributed by atoms with Crippen molar-refractivity contribution < 1.29 is 14.3 Å².